The van der Waals surface area contributed by atoms with Gasteiger partial charge in [0, 0.05) is 26.3 Å². The summed E-state index contributed by atoms with van der Waals surface area (Å²) < 4.78 is 54.8. The van der Waals surface area contributed by atoms with Crippen LogP contribution in [0.3, 0.4) is 0 Å². The van der Waals surface area contributed by atoms with Gasteiger partial charge in [0.25, 0.3) is 10.0 Å². The highest BCUT2D eigenvalue weighted by Gasteiger charge is 2.33. The Kier molecular flexibility index (Phi) is 7.21. The summed E-state index contributed by atoms with van der Waals surface area (Å²) in [6, 6.07) is 19.9. The van der Waals surface area contributed by atoms with Gasteiger partial charge in [-0.2, -0.15) is 0 Å². The zero-order valence-electron chi connectivity index (χ0n) is 20.5. The van der Waals surface area contributed by atoms with E-state index in [1.165, 1.54) is 41.5 Å². The van der Waals surface area contributed by atoms with Gasteiger partial charge >= 0.3 is 0 Å². The van der Waals surface area contributed by atoms with Crippen molar-refractivity contribution in [3.8, 4) is 0 Å². The largest absolute Gasteiger partial charge is 0.310 e. The van der Waals surface area contributed by atoms with Crippen LogP contribution in [0.5, 0.6) is 0 Å². The van der Waals surface area contributed by atoms with Crippen LogP contribution in [0.25, 0.3) is 0 Å². The number of benzene rings is 3. The minimum Gasteiger partial charge on any atom is -0.310 e. The van der Waals surface area contributed by atoms with Gasteiger partial charge in [0.15, 0.2) is 0 Å². The molecule has 36 heavy (non-hydrogen) atoms. The molecule has 0 fully saturated rings. The molecule has 0 unspecified atom stereocenters. The van der Waals surface area contributed by atoms with Crippen molar-refractivity contribution in [2.45, 2.75) is 29.6 Å². The molecule has 1 amide bonds. The third kappa shape index (κ3) is 4.76. The van der Waals surface area contributed by atoms with E-state index in [4.69, 9.17) is 0 Å². The van der Waals surface area contributed by atoms with Crippen LogP contribution in [-0.2, 0) is 37.7 Å². The molecule has 190 valence electrons. The second-order valence-corrected chi connectivity index (χ2v) is 12.7. The highest BCUT2D eigenvalue weighted by Crippen LogP contribution is 2.33. The second-order valence-electron chi connectivity index (χ2n) is 8.68. The third-order valence-corrected chi connectivity index (χ3v) is 9.86. The first-order valence-electron chi connectivity index (χ1n) is 11.6. The summed E-state index contributed by atoms with van der Waals surface area (Å²) in [6.45, 7) is 1.89. The maximum Gasteiger partial charge on any atom is 0.264 e. The number of fused-ring (bicyclic) bond motifs is 1. The standard InChI is InChI=1S/C26H29N3O5S2/c1-4-20-10-8-9-13-25(20)29(36(33,34)22-11-6-5-7-12-22)19-26(30)28-17-16-21-18-23(14-15-24(21)28)35(31,32)27(2)3/h5-15,18H,4,16-17,19H2,1-3H3. The number of carbonyl (C=O) groups is 1. The van der Waals surface area contributed by atoms with Crippen LogP contribution in [0.4, 0.5) is 11.4 Å². The maximum atomic E-state index is 13.7. The highest BCUT2D eigenvalue weighted by molar-refractivity contribution is 7.92. The molecule has 0 bridgehead atoms. The van der Waals surface area contributed by atoms with E-state index in [0.717, 1.165) is 15.4 Å². The van der Waals surface area contributed by atoms with E-state index in [9.17, 15) is 21.6 Å². The van der Waals surface area contributed by atoms with Gasteiger partial charge in [-0.25, -0.2) is 21.1 Å². The molecular formula is C26H29N3O5S2. The van der Waals surface area contributed by atoms with Crippen molar-refractivity contribution in [3.63, 3.8) is 0 Å². The van der Waals surface area contributed by atoms with Crippen LogP contribution in [-0.4, -0.2) is 54.2 Å². The predicted molar refractivity (Wildman–Crippen MR) is 140 cm³/mol. The van der Waals surface area contributed by atoms with E-state index in [2.05, 4.69) is 0 Å². The second kappa shape index (κ2) is 10.0. The molecule has 1 heterocycles. The Balaban J connectivity index is 1.70. The fourth-order valence-electron chi connectivity index (χ4n) is 4.29. The van der Waals surface area contributed by atoms with Crippen LogP contribution in [0.2, 0.25) is 0 Å². The van der Waals surface area contributed by atoms with Crippen LogP contribution < -0.4 is 9.21 Å². The summed E-state index contributed by atoms with van der Waals surface area (Å²) in [5, 5.41) is 0. The number of aryl methyl sites for hydroxylation is 1. The summed E-state index contributed by atoms with van der Waals surface area (Å²) in [7, 11) is -4.70. The molecule has 0 saturated heterocycles. The van der Waals surface area contributed by atoms with Crippen molar-refractivity contribution in [2.24, 2.45) is 0 Å². The molecule has 1 aliphatic heterocycles. The number of anilines is 2. The van der Waals surface area contributed by atoms with E-state index >= 15 is 0 Å². The summed E-state index contributed by atoms with van der Waals surface area (Å²) in [4.78, 5) is 15.3. The Morgan fingerprint density at radius 3 is 2.19 bits per heavy atom. The maximum absolute atomic E-state index is 13.7. The molecule has 4 rings (SSSR count). The molecule has 0 saturated carbocycles. The highest BCUT2D eigenvalue weighted by atomic mass is 32.2. The Morgan fingerprint density at radius 1 is 0.861 bits per heavy atom. The fraction of sp³-hybridized carbons (Fsp3) is 0.269. The number of rotatable bonds is 8. The Hall–Kier alpha value is -3.21. The minimum atomic E-state index is -4.02. The average molecular weight is 528 g/mol. The first-order chi connectivity index (χ1) is 17.1. The van der Waals surface area contributed by atoms with Crippen LogP contribution >= 0.6 is 0 Å². The molecule has 0 spiro atoms. The lowest BCUT2D eigenvalue weighted by Gasteiger charge is -2.28. The SMILES string of the molecule is CCc1ccccc1N(CC(=O)N1CCc2cc(S(=O)(=O)N(C)C)ccc21)S(=O)(=O)c1ccccc1. The molecule has 0 atom stereocenters. The van der Waals surface area contributed by atoms with Crippen molar-refractivity contribution in [2.75, 3.05) is 36.4 Å². The quantitative estimate of drug-likeness (QED) is 0.448. The average Bonchev–Trinajstić information content (AvgIpc) is 3.31. The van der Waals surface area contributed by atoms with Gasteiger partial charge in [0.1, 0.15) is 6.54 Å². The first-order valence-corrected chi connectivity index (χ1v) is 14.5. The van der Waals surface area contributed by atoms with Gasteiger partial charge in [0.2, 0.25) is 15.9 Å². The lowest BCUT2D eigenvalue weighted by Crippen LogP contribution is -2.43. The third-order valence-electron chi connectivity index (χ3n) is 6.28. The number of para-hydroxylation sites is 1. The number of nitrogens with zero attached hydrogens (tertiary/aromatic N) is 3. The minimum absolute atomic E-state index is 0.101. The lowest BCUT2D eigenvalue weighted by atomic mass is 10.1. The van der Waals surface area contributed by atoms with Gasteiger partial charge in [-0.15, -0.1) is 0 Å². The summed E-state index contributed by atoms with van der Waals surface area (Å²) in [5.41, 5.74) is 2.60. The van der Waals surface area contributed by atoms with Gasteiger partial charge in [-0.1, -0.05) is 43.3 Å². The van der Waals surface area contributed by atoms with Crippen molar-refractivity contribution < 1.29 is 21.6 Å². The predicted octanol–water partition coefficient (Wildman–Crippen LogP) is 3.28. The van der Waals surface area contributed by atoms with Crippen molar-refractivity contribution in [1.82, 2.24) is 4.31 Å². The lowest BCUT2D eigenvalue weighted by molar-refractivity contribution is -0.117. The molecule has 3 aromatic carbocycles. The number of amides is 1. The number of hydrogen-bond donors (Lipinski definition) is 0. The van der Waals surface area contributed by atoms with Crippen molar-refractivity contribution in [1.29, 1.82) is 0 Å². The van der Waals surface area contributed by atoms with E-state index in [1.807, 2.05) is 19.1 Å². The summed E-state index contributed by atoms with van der Waals surface area (Å²) in [5.74, 6) is -0.387. The van der Waals surface area contributed by atoms with Gasteiger partial charge in [-0.3, -0.25) is 9.10 Å². The van der Waals surface area contributed by atoms with Gasteiger partial charge in [0.05, 0.1) is 15.5 Å². The van der Waals surface area contributed by atoms with E-state index < -0.39 is 20.0 Å². The van der Waals surface area contributed by atoms with E-state index in [1.54, 1.807) is 42.5 Å². The molecule has 8 nitrogen and oxygen atoms in total. The van der Waals surface area contributed by atoms with E-state index in [-0.39, 0.29) is 22.2 Å². The topological polar surface area (TPSA) is 95.1 Å². The number of sulfonamides is 2. The molecule has 0 N–H and O–H groups in total. The molecule has 0 aromatic heterocycles. The monoisotopic (exact) mass is 527 g/mol. The smallest absolute Gasteiger partial charge is 0.264 e. The van der Waals surface area contributed by atoms with Crippen LogP contribution in [0, 0.1) is 0 Å². The van der Waals surface area contributed by atoms with Gasteiger partial charge in [-0.05, 0) is 60.4 Å². The normalized spacial score (nSPS) is 13.6. The zero-order valence-corrected chi connectivity index (χ0v) is 22.1. The van der Waals surface area contributed by atoms with Crippen molar-refractivity contribution >= 4 is 37.3 Å². The first kappa shape index (κ1) is 25.9. The summed E-state index contributed by atoms with van der Waals surface area (Å²) >= 11 is 0. The Labute approximate surface area is 212 Å². The molecule has 0 radical (unpaired) electrons. The zero-order chi connectivity index (χ0) is 26.1. The molecule has 10 heteroatoms. The van der Waals surface area contributed by atoms with Crippen molar-refractivity contribution in [3.05, 3.63) is 83.9 Å². The Morgan fingerprint density at radius 2 is 1.53 bits per heavy atom. The molecule has 1 aliphatic rings. The Bertz CT molecular complexity index is 1490. The molecule has 3 aromatic rings. The van der Waals surface area contributed by atoms with E-state index in [0.29, 0.717) is 30.8 Å². The number of hydrogen-bond acceptors (Lipinski definition) is 5. The molecule has 0 aliphatic carbocycles. The van der Waals surface area contributed by atoms with Gasteiger partial charge < -0.3 is 4.90 Å². The fourth-order valence-corrected chi connectivity index (χ4v) is 6.71. The molecular weight excluding hydrogens is 498 g/mol. The van der Waals surface area contributed by atoms with Crippen LogP contribution in [0.1, 0.15) is 18.1 Å². The number of carbonyl (C=O) groups excluding carboxylic acids is 1. The van der Waals surface area contributed by atoms with Crippen LogP contribution in [0.15, 0.2) is 82.6 Å². The summed E-state index contributed by atoms with van der Waals surface area (Å²) in [6.07, 6.45) is 1.08.